The van der Waals surface area contributed by atoms with Crippen LogP contribution in [0.5, 0.6) is 0 Å². The summed E-state index contributed by atoms with van der Waals surface area (Å²) in [6.45, 7) is 13.0. The van der Waals surface area contributed by atoms with E-state index in [0.717, 1.165) is 19.3 Å². The van der Waals surface area contributed by atoms with Gasteiger partial charge in [0.1, 0.15) is 23.8 Å². The van der Waals surface area contributed by atoms with Crippen molar-refractivity contribution in [1.82, 2.24) is 20.9 Å². The molecule has 252 valence electrons. The Morgan fingerprint density at radius 2 is 1.80 bits per heavy atom. The maximum Gasteiger partial charge on any atom is 0.408 e. The summed E-state index contributed by atoms with van der Waals surface area (Å²) in [6.07, 6.45) is 8.93. The first-order valence-corrected chi connectivity index (χ1v) is 15.5. The minimum atomic E-state index is -1.28. The third kappa shape index (κ3) is 10.5. The van der Waals surface area contributed by atoms with Gasteiger partial charge in [0.25, 0.3) is 5.91 Å². The number of ether oxygens (including phenoxy) is 2. The largest absolute Gasteiger partial charge is 0.459 e. The number of alkyl carbamates (subject to hydrolysis) is 1. The maximum absolute atomic E-state index is 13.8. The summed E-state index contributed by atoms with van der Waals surface area (Å²) in [5.74, 6) is -2.00. The van der Waals surface area contributed by atoms with Gasteiger partial charge in [-0.25, -0.2) is 9.59 Å². The van der Waals surface area contributed by atoms with Crippen molar-refractivity contribution in [2.75, 3.05) is 13.6 Å². The second-order valence-electron chi connectivity index (χ2n) is 12.5. The number of benzene rings is 1. The second kappa shape index (κ2) is 17.5. The summed E-state index contributed by atoms with van der Waals surface area (Å²) in [5.41, 5.74) is -0.857. The van der Waals surface area contributed by atoms with Crippen molar-refractivity contribution >= 4 is 29.8 Å². The molecule has 4 atom stereocenters. The molecule has 4 amide bonds. The van der Waals surface area contributed by atoms with Crippen molar-refractivity contribution in [3.05, 3.63) is 67.1 Å². The topological polar surface area (TPSA) is 143 Å². The van der Waals surface area contributed by atoms with Crippen LogP contribution in [0.15, 0.2) is 49.6 Å². The molecular formula is C34H47N4O7W-. The molecule has 46 heavy (non-hydrogen) atoms. The normalized spacial score (nSPS) is 20.7. The van der Waals surface area contributed by atoms with Crippen molar-refractivity contribution < 1.29 is 54.5 Å². The Hall–Kier alpha value is -3.46. The zero-order chi connectivity index (χ0) is 33.2. The van der Waals surface area contributed by atoms with Gasteiger partial charge >= 0.3 is 12.1 Å². The van der Waals surface area contributed by atoms with Crippen molar-refractivity contribution in [2.24, 2.45) is 5.92 Å². The molecule has 0 radical (unpaired) electrons. The number of carbonyl (C=O) groups is 5. The predicted molar refractivity (Wildman–Crippen MR) is 170 cm³/mol. The summed E-state index contributed by atoms with van der Waals surface area (Å²) in [5, 5.41) is 8.13. The SMILES string of the molecule is C=CCCCCC[C@H](NC(=O)OC(C)(C)C)C(=O)N1C[CH-]C[C@H]1C(=O)N[C@]1(C(=O)OCc2ccc(C(=O)NC)cc2)C[C@H]1C=C.[W]. The van der Waals surface area contributed by atoms with Crippen LogP contribution in [0, 0.1) is 12.3 Å². The number of allylic oxidation sites excluding steroid dienone is 1. The number of hydrogen-bond donors (Lipinski definition) is 3. The fourth-order valence-electron chi connectivity index (χ4n) is 5.32. The summed E-state index contributed by atoms with van der Waals surface area (Å²) in [6, 6.07) is 4.94. The second-order valence-corrected chi connectivity index (χ2v) is 12.5. The van der Waals surface area contributed by atoms with E-state index < -0.39 is 41.2 Å². The predicted octanol–water partition coefficient (Wildman–Crippen LogP) is 3.98. The summed E-state index contributed by atoms with van der Waals surface area (Å²) >= 11 is 0. The smallest absolute Gasteiger partial charge is 0.408 e. The number of amides is 4. The van der Waals surface area contributed by atoms with E-state index in [0.29, 0.717) is 36.8 Å². The maximum atomic E-state index is 13.8. The number of rotatable bonds is 15. The fraction of sp³-hybridized carbons (Fsp3) is 0.529. The number of likely N-dealkylation sites (tertiary alicyclic amines) is 1. The Morgan fingerprint density at radius 3 is 2.39 bits per heavy atom. The Bertz CT molecular complexity index is 1260. The molecule has 2 fully saturated rings. The Labute approximate surface area is 286 Å². The van der Waals surface area contributed by atoms with E-state index in [9.17, 15) is 24.0 Å². The molecule has 0 spiro atoms. The van der Waals surface area contributed by atoms with Crippen LogP contribution in [0.2, 0.25) is 0 Å². The van der Waals surface area contributed by atoms with Gasteiger partial charge in [0.05, 0.1) is 6.04 Å². The van der Waals surface area contributed by atoms with Crippen LogP contribution in [0.3, 0.4) is 0 Å². The molecular weight excluding hydrogens is 760 g/mol. The van der Waals surface area contributed by atoms with E-state index in [-0.39, 0.29) is 51.9 Å². The number of unbranched alkanes of at least 4 members (excludes halogenated alkanes) is 3. The van der Waals surface area contributed by atoms with Crippen LogP contribution in [0.1, 0.15) is 81.6 Å². The third-order valence-corrected chi connectivity index (χ3v) is 7.89. The molecule has 1 aliphatic carbocycles. The minimum absolute atomic E-state index is 0. The summed E-state index contributed by atoms with van der Waals surface area (Å²) in [7, 11) is 1.54. The molecule has 12 heteroatoms. The van der Waals surface area contributed by atoms with E-state index in [2.05, 4.69) is 29.1 Å². The first-order valence-electron chi connectivity index (χ1n) is 15.5. The van der Waals surface area contributed by atoms with Gasteiger partial charge < -0.3 is 36.7 Å². The van der Waals surface area contributed by atoms with Crippen molar-refractivity contribution in [1.29, 1.82) is 0 Å². The van der Waals surface area contributed by atoms with Crippen LogP contribution >= 0.6 is 0 Å². The fourth-order valence-corrected chi connectivity index (χ4v) is 5.32. The molecule has 1 heterocycles. The molecule has 11 nitrogen and oxygen atoms in total. The van der Waals surface area contributed by atoms with E-state index >= 15 is 0 Å². The van der Waals surface area contributed by atoms with E-state index in [4.69, 9.17) is 9.47 Å². The van der Waals surface area contributed by atoms with Crippen molar-refractivity contribution in [2.45, 2.75) is 95.5 Å². The van der Waals surface area contributed by atoms with Gasteiger partial charge in [0, 0.05) is 39.6 Å². The van der Waals surface area contributed by atoms with Crippen LogP contribution < -0.4 is 16.0 Å². The number of nitrogens with zero attached hydrogens (tertiary/aromatic N) is 1. The molecule has 1 aliphatic heterocycles. The van der Waals surface area contributed by atoms with Crippen molar-refractivity contribution in [3.8, 4) is 0 Å². The monoisotopic (exact) mass is 807 g/mol. The average molecular weight is 808 g/mol. The molecule has 0 aromatic heterocycles. The van der Waals surface area contributed by atoms with Gasteiger partial charge in [-0.2, -0.15) is 0 Å². The molecule has 1 saturated heterocycles. The minimum Gasteiger partial charge on any atom is -0.459 e. The molecule has 1 saturated carbocycles. The molecule has 3 N–H and O–H groups in total. The molecule has 3 rings (SSSR count). The average Bonchev–Trinajstić information content (AvgIpc) is 3.49. The Morgan fingerprint density at radius 1 is 1.11 bits per heavy atom. The standard InChI is InChI=1S/C34H47N4O7.W/c1-7-9-10-11-12-14-26(36-32(43)45-33(3,4)5)30(41)38-20-13-15-27(38)29(40)37-34(21-25(34)8-2)31(42)44-22-23-16-18-24(19-17-23)28(39)35-6;/h7-8,13,16-19,25-27H,1-2,9-12,14-15,20-22H2,3-6H3,(H,35,39)(H,36,43)(H,37,40);/q-1;/t25-,26+,27+,34-;/m1./s1. The van der Waals surface area contributed by atoms with Gasteiger partial charge in [-0.05, 0) is 64.2 Å². The van der Waals surface area contributed by atoms with Gasteiger partial charge in [0.15, 0.2) is 0 Å². The first-order chi connectivity index (χ1) is 21.3. The van der Waals surface area contributed by atoms with Gasteiger partial charge in [0.2, 0.25) is 11.8 Å². The van der Waals surface area contributed by atoms with E-state index in [1.54, 1.807) is 58.2 Å². The summed E-state index contributed by atoms with van der Waals surface area (Å²) in [4.78, 5) is 66.5. The number of esters is 1. The van der Waals surface area contributed by atoms with Crippen LogP contribution in [0.4, 0.5) is 4.79 Å². The molecule has 2 aliphatic rings. The van der Waals surface area contributed by atoms with Crippen LogP contribution in [0.25, 0.3) is 0 Å². The van der Waals surface area contributed by atoms with Gasteiger partial charge in [-0.3, -0.25) is 14.4 Å². The van der Waals surface area contributed by atoms with Crippen molar-refractivity contribution in [3.63, 3.8) is 0 Å². The zero-order valence-corrected chi connectivity index (χ0v) is 30.2. The van der Waals surface area contributed by atoms with E-state index in [1.807, 2.05) is 12.5 Å². The van der Waals surface area contributed by atoms with Gasteiger partial charge in [-0.1, -0.05) is 37.1 Å². The Kier molecular flexibility index (Phi) is 14.7. The number of hydrogen-bond acceptors (Lipinski definition) is 7. The zero-order valence-electron chi connectivity index (χ0n) is 27.3. The quantitative estimate of drug-likeness (QED) is 0.105. The molecule has 0 bridgehead atoms. The molecule has 0 unspecified atom stereocenters. The molecule has 1 aromatic rings. The van der Waals surface area contributed by atoms with E-state index in [1.165, 1.54) is 4.90 Å². The first kappa shape index (κ1) is 38.7. The molecule has 1 aromatic carbocycles. The van der Waals surface area contributed by atoms with Crippen LogP contribution in [-0.4, -0.2) is 71.5 Å². The number of nitrogens with one attached hydrogen (secondary N) is 3. The van der Waals surface area contributed by atoms with Crippen LogP contribution in [-0.2, 0) is 51.5 Å². The number of carbonyl (C=O) groups excluding carboxylic acids is 5. The Balaban J connectivity index is 0.00000736. The summed E-state index contributed by atoms with van der Waals surface area (Å²) < 4.78 is 11.0. The third-order valence-electron chi connectivity index (χ3n) is 7.89. The van der Waals surface area contributed by atoms with Gasteiger partial charge in [-0.15, -0.1) is 26.1 Å².